The molecule has 2 rings (SSSR count). The summed E-state index contributed by atoms with van der Waals surface area (Å²) in [5.74, 6) is -0.275. The highest BCUT2D eigenvalue weighted by Gasteiger charge is 2.38. The number of carbonyl (C=O) groups excluding carboxylic acids is 1. The van der Waals surface area contributed by atoms with Gasteiger partial charge in [-0.2, -0.15) is 0 Å². The average molecular weight is 276 g/mol. The summed E-state index contributed by atoms with van der Waals surface area (Å²) in [6.45, 7) is 7.55. The van der Waals surface area contributed by atoms with Crippen LogP contribution in [0.5, 0.6) is 0 Å². The van der Waals surface area contributed by atoms with Gasteiger partial charge in [-0.1, -0.05) is 13.8 Å². The van der Waals surface area contributed by atoms with Gasteiger partial charge in [0.15, 0.2) is 0 Å². The van der Waals surface area contributed by atoms with Gasteiger partial charge in [-0.05, 0) is 19.9 Å². The van der Waals surface area contributed by atoms with Crippen LogP contribution in [0.15, 0.2) is 18.6 Å². The number of aliphatic hydroxyl groups excluding tert-OH is 1. The zero-order valence-electron chi connectivity index (χ0n) is 12.2. The molecule has 6 nitrogen and oxygen atoms in total. The van der Waals surface area contributed by atoms with E-state index in [1.54, 1.807) is 12.3 Å². The maximum absolute atomic E-state index is 12.4. The highest BCUT2D eigenvalue weighted by Crippen LogP contribution is 2.30. The Morgan fingerprint density at radius 1 is 1.35 bits per heavy atom. The Bertz CT molecular complexity index is 631. The number of hydrogen-bond acceptors (Lipinski definition) is 4. The maximum atomic E-state index is 12.4. The molecule has 0 saturated carbocycles. The Labute approximate surface area is 117 Å². The second-order valence-electron chi connectivity index (χ2n) is 6.08. The lowest BCUT2D eigenvalue weighted by Gasteiger charge is -2.40. The fourth-order valence-electron chi connectivity index (χ4n) is 1.76. The van der Waals surface area contributed by atoms with Crippen molar-refractivity contribution in [3.8, 4) is 0 Å². The number of aromatic nitrogens is 3. The van der Waals surface area contributed by atoms with Crippen molar-refractivity contribution in [3.05, 3.63) is 24.3 Å². The molecule has 20 heavy (non-hydrogen) atoms. The van der Waals surface area contributed by atoms with Crippen LogP contribution in [0, 0.1) is 5.41 Å². The molecule has 0 aliphatic carbocycles. The van der Waals surface area contributed by atoms with Crippen molar-refractivity contribution in [2.75, 3.05) is 6.61 Å². The summed E-state index contributed by atoms with van der Waals surface area (Å²) in [4.78, 5) is 23.5. The summed E-state index contributed by atoms with van der Waals surface area (Å²) < 4.78 is 0. The lowest BCUT2D eigenvalue weighted by molar-refractivity contribution is 0.0570. The van der Waals surface area contributed by atoms with Crippen LogP contribution in [0.2, 0.25) is 0 Å². The Balaban J connectivity index is 2.31. The molecule has 0 saturated heterocycles. The van der Waals surface area contributed by atoms with Crippen LogP contribution in [0.25, 0.3) is 11.0 Å². The Hall–Kier alpha value is -1.95. The maximum Gasteiger partial charge on any atom is 0.271 e. The molecule has 0 aliphatic rings. The van der Waals surface area contributed by atoms with Crippen LogP contribution in [0.4, 0.5) is 0 Å². The standard InChI is InChI=1S/C14H20N4O2/c1-13(2,7-19)14(3,4)18-12(20)10-9-5-6-15-11(9)17-8-16-10/h5-6,8,19H,7H2,1-4H3,(H,18,20)(H,15,16,17). The fourth-order valence-corrected chi connectivity index (χ4v) is 1.76. The molecule has 108 valence electrons. The van der Waals surface area contributed by atoms with Gasteiger partial charge >= 0.3 is 0 Å². The SMILES string of the molecule is CC(C)(CO)C(C)(C)NC(=O)c1ncnc2[nH]ccc12. The van der Waals surface area contributed by atoms with Crippen LogP contribution >= 0.6 is 0 Å². The van der Waals surface area contributed by atoms with Crippen LogP contribution in [0.1, 0.15) is 38.2 Å². The number of aliphatic hydroxyl groups is 1. The minimum atomic E-state index is -0.577. The number of H-pyrrole nitrogens is 1. The molecular weight excluding hydrogens is 256 g/mol. The number of fused-ring (bicyclic) bond motifs is 1. The summed E-state index contributed by atoms with van der Waals surface area (Å²) in [5.41, 5.74) is -0.0678. The third kappa shape index (κ3) is 2.38. The summed E-state index contributed by atoms with van der Waals surface area (Å²) in [7, 11) is 0. The first-order valence-corrected chi connectivity index (χ1v) is 6.50. The minimum absolute atomic E-state index is 0.0242. The number of amides is 1. The lowest BCUT2D eigenvalue weighted by Crippen LogP contribution is -2.55. The molecule has 3 N–H and O–H groups in total. The van der Waals surface area contributed by atoms with Crippen molar-refractivity contribution in [3.63, 3.8) is 0 Å². The highest BCUT2D eigenvalue weighted by molar-refractivity contribution is 6.03. The summed E-state index contributed by atoms with van der Waals surface area (Å²) in [5, 5.41) is 13.1. The van der Waals surface area contributed by atoms with Gasteiger partial charge in [-0.15, -0.1) is 0 Å². The van der Waals surface area contributed by atoms with Crippen molar-refractivity contribution in [2.45, 2.75) is 33.2 Å². The fraction of sp³-hybridized carbons (Fsp3) is 0.500. The van der Waals surface area contributed by atoms with Crippen molar-refractivity contribution in [2.24, 2.45) is 5.41 Å². The number of nitrogens with zero attached hydrogens (tertiary/aromatic N) is 2. The molecule has 2 heterocycles. The molecule has 1 amide bonds. The van der Waals surface area contributed by atoms with E-state index in [-0.39, 0.29) is 12.5 Å². The molecule has 0 spiro atoms. The molecule has 0 radical (unpaired) electrons. The van der Waals surface area contributed by atoms with E-state index in [0.717, 1.165) is 0 Å². The van der Waals surface area contributed by atoms with E-state index in [4.69, 9.17) is 0 Å². The van der Waals surface area contributed by atoms with Gasteiger partial charge in [-0.25, -0.2) is 9.97 Å². The monoisotopic (exact) mass is 276 g/mol. The van der Waals surface area contributed by atoms with Crippen LogP contribution in [-0.4, -0.2) is 38.1 Å². The van der Waals surface area contributed by atoms with E-state index in [0.29, 0.717) is 16.7 Å². The smallest absolute Gasteiger partial charge is 0.271 e. The van der Waals surface area contributed by atoms with Crippen molar-refractivity contribution in [1.82, 2.24) is 20.3 Å². The third-order valence-electron chi connectivity index (χ3n) is 4.08. The molecule has 2 aromatic heterocycles. The molecule has 0 aromatic carbocycles. The summed E-state index contributed by atoms with van der Waals surface area (Å²) >= 11 is 0. The number of aromatic amines is 1. The predicted octanol–water partition coefficient (Wildman–Crippen LogP) is 1.48. The number of nitrogens with one attached hydrogen (secondary N) is 2. The number of hydrogen-bond donors (Lipinski definition) is 3. The first-order chi connectivity index (χ1) is 9.28. The van der Waals surface area contributed by atoms with Crippen LogP contribution in [-0.2, 0) is 0 Å². The molecular formula is C14H20N4O2. The van der Waals surface area contributed by atoms with Gasteiger partial charge in [0.2, 0.25) is 0 Å². The van der Waals surface area contributed by atoms with Gasteiger partial charge in [0.25, 0.3) is 5.91 Å². The molecule has 0 fully saturated rings. The van der Waals surface area contributed by atoms with E-state index < -0.39 is 11.0 Å². The largest absolute Gasteiger partial charge is 0.396 e. The summed E-state index contributed by atoms with van der Waals surface area (Å²) in [6.07, 6.45) is 3.08. The first-order valence-electron chi connectivity index (χ1n) is 6.50. The lowest BCUT2D eigenvalue weighted by atomic mass is 9.75. The second kappa shape index (κ2) is 4.86. The number of rotatable bonds is 4. The van der Waals surface area contributed by atoms with Gasteiger partial charge < -0.3 is 15.4 Å². The second-order valence-corrected chi connectivity index (χ2v) is 6.08. The van der Waals surface area contributed by atoms with E-state index in [1.165, 1.54) is 6.33 Å². The van der Waals surface area contributed by atoms with Crippen molar-refractivity contribution < 1.29 is 9.90 Å². The zero-order valence-corrected chi connectivity index (χ0v) is 12.2. The van der Waals surface area contributed by atoms with E-state index in [2.05, 4.69) is 20.3 Å². The molecule has 0 aliphatic heterocycles. The highest BCUT2D eigenvalue weighted by atomic mass is 16.3. The van der Waals surface area contributed by atoms with Crippen LogP contribution < -0.4 is 5.32 Å². The zero-order chi connectivity index (χ0) is 15.0. The predicted molar refractivity (Wildman–Crippen MR) is 76.3 cm³/mol. The van der Waals surface area contributed by atoms with Crippen LogP contribution in [0.3, 0.4) is 0 Å². The Kier molecular flexibility index (Phi) is 3.52. The molecule has 0 unspecified atom stereocenters. The topological polar surface area (TPSA) is 90.9 Å². The van der Waals surface area contributed by atoms with Gasteiger partial charge in [0.1, 0.15) is 17.7 Å². The Morgan fingerprint density at radius 2 is 2.05 bits per heavy atom. The quantitative estimate of drug-likeness (QED) is 0.789. The molecule has 0 atom stereocenters. The van der Waals surface area contributed by atoms with Gasteiger partial charge in [0, 0.05) is 17.2 Å². The van der Waals surface area contributed by atoms with Crippen molar-refractivity contribution in [1.29, 1.82) is 0 Å². The van der Waals surface area contributed by atoms with E-state index in [9.17, 15) is 9.90 Å². The first kappa shape index (κ1) is 14.5. The molecule has 2 aromatic rings. The Morgan fingerprint density at radius 3 is 2.70 bits per heavy atom. The van der Waals surface area contributed by atoms with Gasteiger partial charge in [-0.3, -0.25) is 4.79 Å². The van der Waals surface area contributed by atoms with E-state index >= 15 is 0 Å². The van der Waals surface area contributed by atoms with Crippen molar-refractivity contribution >= 4 is 16.9 Å². The molecule has 0 bridgehead atoms. The summed E-state index contributed by atoms with van der Waals surface area (Å²) in [6, 6.07) is 1.77. The average Bonchev–Trinajstić information content (AvgIpc) is 2.85. The van der Waals surface area contributed by atoms with Gasteiger partial charge in [0.05, 0.1) is 12.0 Å². The molecule has 6 heteroatoms. The number of carbonyl (C=O) groups is 1. The minimum Gasteiger partial charge on any atom is -0.396 e. The van der Waals surface area contributed by atoms with E-state index in [1.807, 2.05) is 27.7 Å². The normalized spacial score (nSPS) is 12.7. The third-order valence-corrected chi connectivity index (χ3v) is 4.08.